The maximum absolute atomic E-state index is 13.1. The SMILES string of the molecule is CCCCCCCCCCCCCCCCC(=O)O[C@H](COC(=O)CCCCCCCCC)COP(=O)(O)OC[C@H](O)COP(=O)(O)OC[C@@H](COC(=O)CCCCCCCCCCCCC(C)CC)OC(=O)CCCCCCCCCCCCCCCCCCCCC(C)CC. The van der Waals surface area contributed by atoms with Crippen molar-refractivity contribution in [3.63, 3.8) is 0 Å². The quantitative estimate of drug-likeness (QED) is 0.0222. The summed E-state index contributed by atoms with van der Waals surface area (Å²) >= 11 is 0. The highest BCUT2D eigenvalue weighted by atomic mass is 31.2. The van der Waals surface area contributed by atoms with Gasteiger partial charge in [0.2, 0.25) is 0 Å². The smallest absolute Gasteiger partial charge is 0.462 e. The zero-order valence-electron chi connectivity index (χ0n) is 63.4. The van der Waals surface area contributed by atoms with Gasteiger partial charge < -0.3 is 33.8 Å². The molecule has 0 aromatic rings. The number of aliphatic hydroxyl groups excluding tert-OH is 1. The molecule has 0 spiro atoms. The molecule has 4 unspecified atom stereocenters. The van der Waals surface area contributed by atoms with Crippen LogP contribution < -0.4 is 0 Å². The fraction of sp³-hybridized carbons (Fsp3) is 0.949. The van der Waals surface area contributed by atoms with Gasteiger partial charge in [0.05, 0.1) is 26.4 Å². The van der Waals surface area contributed by atoms with Crippen molar-refractivity contribution >= 4 is 39.5 Å². The molecule has 0 aromatic carbocycles. The molecule has 576 valence electrons. The summed E-state index contributed by atoms with van der Waals surface area (Å²) in [4.78, 5) is 72.7. The van der Waals surface area contributed by atoms with Crippen molar-refractivity contribution in [3.8, 4) is 0 Å². The van der Waals surface area contributed by atoms with E-state index in [9.17, 15) is 43.2 Å². The summed E-state index contributed by atoms with van der Waals surface area (Å²) in [6.07, 6.45) is 58.3. The van der Waals surface area contributed by atoms with E-state index in [1.54, 1.807) is 0 Å². The summed E-state index contributed by atoms with van der Waals surface area (Å²) in [6.45, 7) is 9.67. The van der Waals surface area contributed by atoms with Gasteiger partial charge in [-0.15, -0.1) is 0 Å². The number of esters is 4. The highest BCUT2D eigenvalue weighted by Gasteiger charge is 2.30. The largest absolute Gasteiger partial charge is 0.472 e. The average molecular weight is 1420 g/mol. The Morgan fingerprint density at radius 2 is 0.495 bits per heavy atom. The van der Waals surface area contributed by atoms with E-state index in [0.29, 0.717) is 25.7 Å². The molecule has 0 radical (unpaired) electrons. The second kappa shape index (κ2) is 69.8. The molecule has 0 saturated carbocycles. The van der Waals surface area contributed by atoms with Gasteiger partial charge in [-0.25, -0.2) is 9.13 Å². The Morgan fingerprint density at radius 3 is 0.732 bits per heavy atom. The summed E-state index contributed by atoms with van der Waals surface area (Å²) in [6, 6.07) is 0. The summed E-state index contributed by atoms with van der Waals surface area (Å²) in [5.41, 5.74) is 0. The molecule has 0 rings (SSSR count). The van der Waals surface area contributed by atoms with E-state index in [1.807, 2.05) is 0 Å². The van der Waals surface area contributed by atoms with Crippen molar-refractivity contribution in [3.05, 3.63) is 0 Å². The molecule has 0 aliphatic rings. The van der Waals surface area contributed by atoms with Gasteiger partial charge in [-0.3, -0.25) is 37.3 Å². The highest BCUT2D eigenvalue weighted by Crippen LogP contribution is 2.45. The van der Waals surface area contributed by atoms with Crippen LogP contribution in [0.5, 0.6) is 0 Å². The summed E-state index contributed by atoms with van der Waals surface area (Å²) in [7, 11) is -9.91. The van der Waals surface area contributed by atoms with Crippen molar-refractivity contribution in [1.29, 1.82) is 0 Å². The Balaban J connectivity index is 5.16. The average Bonchev–Trinajstić information content (AvgIpc) is 1.33. The van der Waals surface area contributed by atoms with Crippen molar-refractivity contribution in [2.75, 3.05) is 39.6 Å². The zero-order valence-corrected chi connectivity index (χ0v) is 65.2. The van der Waals surface area contributed by atoms with Crippen LogP contribution in [0.4, 0.5) is 0 Å². The Kier molecular flexibility index (Phi) is 68.4. The van der Waals surface area contributed by atoms with Crippen LogP contribution in [-0.2, 0) is 65.4 Å². The van der Waals surface area contributed by atoms with Gasteiger partial charge in [-0.1, -0.05) is 356 Å². The predicted octanol–water partition coefficient (Wildman–Crippen LogP) is 23.1. The zero-order chi connectivity index (χ0) is 71.4. The second-order valence-electron chi connectivity index (χ2n) is 28.6. The van der Waals surface area contributed by atoms with Crippen LogP contribution in [0.15, 0.2) is 0 Å². The molecule has 0 aromatic heterocycles. The van der Waals surface area contributed by atoms with E-state index < -0.39 is 97.5 Å². The number of rotatable bonds is 77. The standard InChI is InChI=1S/C78H152O17P2/c1-7-11-13-15-17-18-19-20-28-31-38-44-50-56-62-77(82)94-73(66-88-75(80)60-54-48-40-16-14-12-8-2)68-92-96(84,85)90-64-72(79)65-91-97(86,87)93-69-74(67-89-76(81)61-55-49-43-37-34-33-36-42-47-53-59-71(6)10-4)95-78(83)63-57-51-45-39-32-29-26-24-22-21-23-25-27-30-35-41-46-52-58-70(5)9-3/h70-74,79H,7-69H2,1-6H3,(H,84,85)(H,86,87)/t70?,71?,72-,73+,74+/m0/s1. The first-order valence-corrected chi connectivity index (χ1v) is 43.6. The number of hydrogen-bond acceptors (Lipinski definition) is 15. The monoisotopic (exact) mass is 1420 g/mol. The van der Waals surface area contributed by atoms with E-state index in [0.717, 1.165) is 115 Å². The van der Waals surface area contributed by atoms with Crippen LogP contribution in [0.2, 0.25) is 0 Å². The lowest BCUT2D eigenvalue weighted by atomic mass is 9.99. The van der Waals surface area contributed by atoms with Crippen LogP contribution in [0.25, 0.3) is 0 Å². The van der Waals surface area contributed by atoms with E-state index in [1.165, 1.54) is 212 Å². The number of phosphoric acid groups is 2. The lowest BCUT2D eigenvalue weighted by Gasteiger charge is -2.21. The second-order valence-corrected chi connectivity index (χ2v) is 31.5. The molecule has 0 aliphatic carbocycles. The number of hydrogen-bond donors (Lipinski definition) is 3. The Bertz CT molecular complexity index is 1880. The van der Waals surface area contributed by atoms with Crippen LogP contribution >= 0.6 is 15.6 Å². The minimum atomic E-state index is -4.96. The molecule has 0 aliphatic heterocycles. The first-order valence-electron chi connectivity index (χ1n) is 40.6. The van der Waals surface area contributed by atoms with E-state index >= 15 is 0 Å². The third kappa shape index (κ3) is 69.5. The number of ether oxygens (including phenoxy) is 4. The lowest BCUT2D eigenvalue weighted by Crippen LogP contribution is -2.30. The van der Waals surface area contributed by atoms with E-state index in [-0.39, 0.29) is 25.7 Å². The number of carbonyl (C=O) groups is 4. The van der Waals surface area contributed by atoms with Gasteiger partial charge in [0, 0.05) is 25.7 Å². The van der Waals surface area contributed by atoms with Gasteiger partial charge in [-0.05, 0) is 37.5 Å². The lowest BCUT2D eigenvalue weighted by molar-refractivity contribution is -0.161. The van der Waals surface area contributed by atoms with Gasteiger partial charge in [-0.2, -0.15) is 0 Å². The molecule has 0 heterocycles. The molecule has 0 amide bonds. The molecule has 19 heteroatoms. The minimum Gasteiger partial charge on any atom is -0.462 e. The third-order valence-electron chi connectivity index (χ3n) is 18.9. The van der Waals surface area contributed by atoms with Gasteiger partial charge in [0.25, 0.3) is 0 Å². The van der Waals surface area contributed by atoms with Crippen LogP contribution in [-0.4, -0.2) is 96.7 Å². The Labute approximate surface area is 594 Å². The number of carbonyl (C=O) groups excluding carboxylic acids is 4. The first kappa shape index (κ1) is 95.1. The molecule has 7 atom stereocenters. The normalized spacial score (nSPS) is 14.5. The van der Waals surface area contributed by atoms with Crippen molar-refractivity contribution in [2.24, 2.45) is 11.8 Å². The molecule has 17 nitrogen and oxygen atoms in total. The fourth-order valence-corrected chi connectivity index (χ4v) is 13.5. The van der Waals surface area contributed by atoms with Crippen LogP contribution in [0.3, 0.4) is 0 Å². The summed E-state index contributed by atoms with van der Waals surface area (Å²) < 4.78 is 68.5. The summed E-state index contributed by atoms with van der Waals surface area (Å²) in [5, 5.41) is 10.6. The molecular formula is C78H152O17P2. The van der Waals surface area contributed by atoms with Gasteiger partial charge >= 0.3 is 39.5 Å². The maximum atomic E-state index is 13.1. The highest BCUT2D eigenvalue weighted by molar-refractivity contribution is 7.47. The molecule has 0 bridgehead atoms. The van der Waals surface area contributed by atoms with Gasteiger partial charge in [0.1, 0.15) is 19.3 Å². The topological polar surface area (TPSA) is 237 Å². The molecular weight excluding hydrogens is 1270 g/mol. The molecule has 3 N–H and O–H groups in total. The molecule has 0 fully saturated rings. The number of unbranched alkanes of at least 4 members (excludes halogenated alkanes) is 45. The van der Waals surface area contributed by atoms with Crippen LogP contribution in [0.1, 0.15) is 408 Å². The molecule has 0 saturated heterocycles. The first-order chi connectivity index (χ1) is 46.9. The summed E-state index contributed by atoms with van der Waals surface area (Å²) in [5.74, 6) is -0.436. The van der Waals surface area contributed by atoms with E-state index in [4.69, 9.17) is 37.0 Å². The third-order valence-corrected chi connectivity index (χ3v) is 20.8. The Morgan fingerprint density at radius 1 is 0.289 bits per heavy atom. The minimum absolute atomic E-state index is 0.108. The Hall–Kier alpha value is -1.94. The molecule has 97 heavy (non-hydrogen) atoms. The fourth-order valence-electron chi connectivity index (χ4n) is 11.9. The van der Waals surface area contributed by atoms with Gasteiger partial charge in [0.15, 0.2) is 12.2 Å². The van der Waals surface area contributed by atoms with Crippen molar-refractivity contribution in [2.45, 2.75) is 426 Å². The predicted molar refractivity (Wildman–Crippen MR) is 395 cm³/mol. The van der Waals surface area contributed by atoms with Crippen molar-refractivity contribution in [1.82, 2.24) is 0 Å². The van der Waals surface area contributed by atoms with Crippen molar-refractivity contribution < 1.29 is 80.2 Å². The number of phosphoric ester groups is 2. The van der Waals surface area contributed by atoms with Crippen LogP contribution in [0, 0.1) is 11.8 Å². The maximum Gasteiger partial charge on any atom is 0.472 e. The number of aliphatic hydroxyl groups is 1. The van der Waals surface area contributed by atoms with E-state index in [2.05, 4.69) is 41.5 Å².